The van der Waals surface area contributed by atoms with Crippen molar-refractivity contribution in [1.29, 1.82) is 0 Å². The van der Waals surface area contributed by atoms with Gasteiger partial charge in [-0.05, 0) is 40.9 Å². The summed E-state index contributed by atoms with van der Waals surface area (Å²) < 4.78 is 6.14. The van der Waals surface area contributed by atoms with Crippen LogP contribution in [0, 0.1) is 0 Å². The number of halogens is 1. The van der Waals surface area contributed by atoms with Crippen LogP contribution in [-0.4, -0.2) is 38.3 Å². The van der Waals surface area contributed by atoms with E-state index in [0.717, 1.165) is 25.1 Å². The number of nitrogens with two attached hydrogens (primary N) is 2. The van der Waals surface area contributed by atoms with Gasteiger partial charge in [0.15, 0.2) is 0 Å². The molecule has 0 radical (unpaired) electrons. The first-order valence-electron chi connectivity index (χ1n) is 6.66. The van der Waals surface area contributed by atoms with Crippen LogP contribution in [0.5, 0.6) is 0 Å². The fraction of sp³-hybridized carbons (Fsp3) is 0.500. The number of nitrogens with zero attached hydrogens (tertiary/aromatic N) is 1. The third-order valence-corrected chi connectivity index (χ3v) is 4.48. The summed E-state index contributed by atoms with van der Waals surface area (Å²) in [5, 5.41) is 0. The molecule has 110 valence electrons. The number of ether oxygens (including phenoxy) is 1. The number of amides is 1. The number of piperidine rings is 1. The molecule has 2 rings (SSSR count). The second kappa shape index (κ2) is 6.56. The summed E-state index contributed by atoms with van der Waals surface area (Å²) in [6.07, 6.45) is 2.00. The molecule has 20 heavy (non-hydrogen) atoms. The van der Waals surface area contributed by atoms with Crippen molar-refractivity contribution in [2.75, 3.05) is 25.1 Å². The number of anilines is 1. The Labute approximate surface area is 127 Å². The molecule has 5 nitrogen and oxygen atoms in total. The molecule has 0 bridgehead atoms. The van der Waals surface area contributed by atoms with Crippen molar-refractivity contribution < 1.29 is 9.53 Å². The zero-order valence-corrected chi connectivity index (χ0v) is 13.1. The zero-order chi connectivity index (χ0) is 14.7. The Kier molecular flexibility index (Phi) is 5.01. The van der Waals surface area contributed by atoms with Gasteiger partial charge in [-0.3, -0.25) is 4.79 Å². The van der Waals surface area contributed by atoms with E-state index in [-0.39, 0.29) is 12.1 Å². The van der Waals surface area contributed by atoms with E-state index in [2.05, 4.69) is 20.8 Å². The lowest BCUT2D eigenvalue weighted by Gasteiger charge is -2.40. The lowest BCUT2D eigenvalue weighted by atomic mass is 9.97. The van der Waals surface area contributed by atoms with Crippen molar-refractivity contribution in [3.05, 3.63) is 28.2 Å². The van der Waals surface area contributed by atoms with Gasteiger partial charge in [0.25, 0.3) is 5.91 Å². The van der Waals surface area contributed by atoms with E-state index in [4.69, 9.17) is 16.2 Å². The minimum atomic E-state index is -0.433. The topological polar surface area (TPSA) is 81.6 Å². The number of hydrogen-bond acceptors (Lipinski definition) is 4. The largest absolute Gasteiger partial charge is 0.381 e. The van der Waals surface area contributed by atoms with Crippen molar-refractivity contribution in [1.82, 2.24) is 0 Å². The lowest BCUT2D eigenvalue weighted by Crippen LogP contribution is -2.49. The summed E-state index contributed by atoms with van der Waals surface area (Å²) in [6, 6.07) is 5.80. The molecule has 0 aliphatic carbocycles. The Morgan fingerprint density at radius 3 is 2.90 bits per heavy atom. The molecule has 1 fully saturated rings. The maximum absolute atomic E-state index is 11.7. The molecule has 2 atom stereocenters. The van der Waals surface area contributed by atoms with Gasteiger partial charge in [0, 0.05) is 30.7 Å². The molecule has 1 aromatic rings. The number of carbonyl (C=O) groups excluding carboxylic acids is 1. The van der Waals surface area contributed by atoms with Crippen LogP contribution in [0.3, 0.4) is 0 Å². The minimum Gasteiger partial charge on any atom is -0.381 e. The van der Waals surface area contributed by atoms with E-state index in [1.54, 1.807) is 7.11 Å². The van der Waals surface area contributed by atoms with Crippen LogP contribution in [-0.2, 0) is 4.74 Å². The lowest BCUT2D eigenvalue weighted by molar-refractivity contribution is 0.0709. The summed E-state index contributed by atoms with van der Waals surface area (Å²) in [7, 11) is 1.72. The Morgan fingerprint density at radius 1 is 1.55 bits per heavy atom. The predicted molar refractivity (Wildman–Crippen MR) is 82.9 cm³/mol. The van der Waals surface area contributed by atoms with Gasteiger partial charge < -0.3 is 21.1 Å². The monoisotopic (exact) mass is 341 g/mol. The van der Waals surface area contributed by atoms with Gasteiger partial charge in [-0.1, -0.05) is 6.07 Å². The first-order valence-corrected chi connectivity index (χ1v) is 7.45. The van der Waals surface area contributed by atoms with Gasteiger partial charge in [-0.2, -0.15) is 0 Å². The number of rotatable bonds is 4. The third kappa shape index (κ3) is 2.97. The molecule has 0 saturated carbocycles. The zero-order valence-electron chi connectivity index (χ0n) is 11.5. The highest BCUT2D eigenvalue weighted by molar-refractivity contribution is 9.10. The van der Waals surface area contributed by atoms with Crippen molar-refractivity contribution in [3.63, 3.8) is 0 Å². The highest BCUT2D eigenvalue weighted by Gasteiger charge is 2.30. The highest BCUT2D eigenvalue weighted by atomic mass is 79.9. The Bertz CT molecular complexity index is 495. The highest BCUT2D eigenvalue weighted by Crippen LogP contribution is 2.32. The molecule has 0 aromatic heterocycles. The van der Waals surface area contributed by atoms with E-state index >= 15 is 0 Å². The number of hydrogen-bond donors (Lipinski definition) is 2. The molecule has 1 aliphatic heterocycles. The van der Waals surface area contributed by atoms with Gasteiger partial charge in [-0.15, -0.1) is 0 Å². The van der Waals surface area contributed by atoms with Gasteiger partial charge in [0.2, 0.25) is 0 Å². The molecule has 0 spiro atoms. The second-order valence-electron chi connectivity index (χ2n) is 4.96. The van der Waals surface area contributed by atoms with Crippen LogP contribution in [0.4, 0.5) is 5.69 Å². The second-order valence-corrected chi connectivity index (χ2v) is 5.82. The van der Waals surface area contributed by atoms with Crippen molar-refractivity contribution in [2.45, 2.75) is 25.0 Å². The SMILES string of the molecule is COC1CCN(c2cccc(Br)c2C(N)=O)C(CN)C1. The average Bonchev–Trinajstić information content (AvgIpc) is 2.45. The minimum absolute atomic E-state index is 0.154. The Hall–Kier alpha value is -1.11. The Morgan fingerprint density at radius 2 is 2.30 bits per heavy atom. The third-order valence-electron chi connectivity index (χ3n) is 3.82. The van der Waals surface area contributed by atoms with Crippen molar-refractivity contribution >= 4 is 27.5 Å². The molecule has 4 N–H and O–H groups in total. The number of primary amides is 1. The fourth-order valence-corrected chi connectivity index (χ4v) is 3.32. The molecule has 1 aliphatic rings. The van der Waals surface area contributed by atoms with Crippen LogP contribution in [0.2, 0.25) is 0 Å². The normalized spacial score (nSPS) is 22.9. The van der Waals surface area contributed by atoms with E-state index in [1.165, 1.54) is 0 Å². The maximum atomic E-state index is 11.7. The van der Waals surface area contributed by atoms with Gasteiger partial charge in [-0.25, -0.2) is 0 Å². The van der Waals surface area contributed by atoms with Crippen molar-refractivity contribution in [3.8, 4) is 0 Å². The van der Waals surface area contributed by atoms with Gasteiger partial charge >= 0.3 is 0 Å². The summed E-state index contributed by atoms with van der Waals surface area (Å²) in [4.78, 5) is 13.9. The van der Waals surface area contributed by atoms with Crippen LogP contribution in [0.25, 0.3) is 0 Å². The number of methoxy groups -OCH3 is 1. The van der Waals surface area contributed by atoms with Gasteiger partial charge in [0.05, 0.1) is 17.4 Å². The summed E-state index contributed by atoms with van der Waals surface area (Å²) in [6.45, 7) is 1.32. The van der Waals surface area contributed by atoms with Crippen LogP contribution >= 0.6 is 15.9 Å². The van der Waals surface area contributed by atoms with Crippen molar-refractivity contribution in [2.24, 2.45) is 11.5 Å². The van der Waals surface area contributed by atoms with Crippen LogP contribution in [0.15, 0.2) is 22.7 Å². The Balaban J connectivity index is 2.35. The first-order chi connectivity index (χ1) is 9.58. The standard InChI is InChI=1S/C14H20BrN3O2/c1-20-10-5-6-18(9(7-10)8-16)12-4-2-3-11(15)13(12)14(17)19/h2-4,9-10H,5-8,16H2,1H3,(H2,17,19). The van der Waals surface area contributed by atoms with E-state index < -0.39 is 5.91 Å². The molecular formula is C14H20BrN3O2. The van der Waals surface area contributed by atoms with Crippen LogP contribution < -0.4 is 16.4 Å². The quantitative estimate of drug-likeness (QED) is 0.869. The van der Waals surface area contributed by atoms with E-state index in [1.807, 2.05) is 18.2 Å². The van der Waals surface area contributed by atoms with E-state index in [0.29, 0.717) is 16.6 Å². The number of benzene rings is 1. The summed E-state index contributed by atoms with van der Waals surface area (Å²) in [5.41, 5.74) is 12.8. The maximum Gasteiger partial charge on any atom is 0.251 e. The summed E-state index contributed by atoms with van der Waals surface area (Å²) >= 11 is 3.40. The van der Waals surface area contributed by atoms with Gasteiger partial charge in [0.1, 0.15) is 0 Å². The van der Waals surface area contributed by atoms with Crippen LogP contribution in [0.1, 0.15) is 23.2 Å². The smallest absolute Gasteiger partial charge is 0.251 e. The molecular weight excluding hydrogens is 322 g/mol. The molecule has 1 saturated heterocycles. The molecule has 6 heteroatoms. The average molecular weight is 342 g/mol. The fourth-order valence-electron chi connectivity index (χ4n) is 2.76. The molecule has 2 unspecified atom stereocenters. The predicted octanol–water partition coefficient (Wildman–Crippen LogP) is 1.49. The molecule has 1 amide bonds. The van der Waals surface area contributed by atoms with E-state index in [9.17, 15) is 4.79 Å². The molecule has 1 heterocycles. The first kappa shape index (κ1) is 15.3. The number of carbonyl (C=O) groups is 1. The molecule has 1 aromatic carbocycles. The summed E-state index contributed by atoms with van der Waals surface area (Å²) in [5.74, 6) is -0.433.